The first-order valence-electron chi connectivity index (χ1n) is 6.73. The Morgan fingerprint density at radius 3 is 2.76 bits per heavy atom. The van der Waals surface area contributed by atoms with Crippen molar-refractivity contribution in [3.63, 3.8) is 0 Å². The number of aromatic amines is 1. The van der Waals surface area contributed by atoms with E-state index >= 15 is 0 Å². The summed E-state index contributed by atoms with van der Waals surface area (Å²) in [6.45, 7) is 1.93. The molecule has 1 unspecified atom stereocenters. The van der Waals surface area contributed by atoms with Gasteiger partial charge in [-0.15, -0.1) is 0 Å². The van der Waals surface area contributed by atoms with Gasteiger partial charge in [0.05, 0.1) is 17.2 Å². The van der Waals surface area contributed by atoms with Crippen LogP contribution in [0.4, 0.5) is 5.69 Å². The Balaban J connectivity index is 1.82. The number of aromatic nitrogens is 2. The summed E-state index contributed by atoms with van der Waals surface area (Å²) >= 11 is 0. The van der Waals surface area contributed by atoms with Crippen LogP contribution in [0, 0.1) is 0 Å². The van der Waals surface area contributed by atoms with E-state index in [1.54, 1.807) is 24.5 Å². The fraction of sp³-hybridized carbons (Fsp3) is 0.125. The second-order valence-corrected chi connectivity index (χ2v) is 4.97. The predicted molar refractivity (Wildman–Crippen MR) is 82.8 cm³/mol. The number of anilines is 1. The van der Waals surface area contributed by atoms with E-state index in [0.29, 0.717) is 11.4 Å². The lowest BCUT2D eigenvalue weighted by atomic mass is 10.1. The normalized spacial score (nSPS) is 12.2. The predicted octanol–water partition coefficient (Wildman–Crippen LogP) is 2.64. The maximum atomic E-state index is 12.3. The average Bonchev–Trinajstić information content (AvgIpc) is 2.94. The van der Waals surface area contributed by atoms with Crippen LogP contribution < -0.4 is 11.1 Å². The van der Waals surface area contributed by atoms with Crippen molar-refractivity contribution in [2.24, 2.45) is 0 Å². The zero-order valence-corrected chi connectivity index (χ0v) is 11.6. The van der Waals surface area contributed by atoms with Gasteiger partial charge in [-0.1, -0.05) is 12.1 Å². The highest BCUT2D eigenvalue weighted by atomic mass is 16.1. The number of nitrogens with one attached hydrogen (secondary N) is 2. The Bertz CT molecular complexity index is 779. The SMILES string of the molecule is CC(NC(=O)c1cc2cccc(N)c2[nH]1)c1ccncc1. The minimum Gasteiger partial charge on any atom is -0.397 e. The van der Waals surface area contributed by atoms with Gasteiger partial charge < -0.3 is 16.0 Å². The summed E-state index contributed by atoms with van der Waals surface area (Å²) in [6.07, 6.45) is 3.42. The van der Waals surface area contributed by atoms with E-state index in [2.05, 4.69) is 15.3 Å². The Morgan fingerprint density at radius 2 is 2.05 bits per heavy atom. The molecule has 0 spiro atoms. The first-order valence-corrected chi connectivity index (χ1v) is 6.73. The summed E-state index contributed by atoms with van der Waals surface area (Å²) in [6, 6.07) is 11.1. The molecule has 1 atom stereocenters. The van der Waals surface area contributed by atoms with Gasteiger partial charge in [0.25, 0.3) is 5.91 Å². The topological polar surface area (TPSA) is 83.8 Å². The first kappa shape index (κ1) is 13.2. The number of amides is 1. The van der Waals surface area contributed by atoms with Gasteiger partial charge in [-0.3, -0.25) is 9.78 Å². The Kier molecular flexibility index (Phi) is 3.31. The molecule has 5 nitrogen and oxygen atoms in total. The molecule has 2 aromatic heterocycles. The summed E-state index contributed by atoms with van der Waals surface area (Å²) in [5.41, 5.74) is 8.83. The number of nitrogens with zero attached hydrogens (tertiary/aromatic N) is 1. The van der Waals surface area contributed by atoms with Crippen LogP contribution in [0.1, 0.15) is 29.0 Å². The summed E-state index contributed by atoms with van der Waals surface area (Å²) in [7, 11) is 0. The molecule has 1 aromatic carbocycles. The maximum absolute atomic E-state index is 12.3. The number of carbonyl (C=O) groups excluding carboxylic acids is 1. The van der Waals surface area contributed by atoms with Crippen molar-refractivity contribution in [2.45, 2.75) is 13.0 Å². The van der Waals surface area contributed by atoms with Crippen LogP contribution in [0.3, 0.4) is 0 Å². The number of nitrogen functional groups attached to an aromatic ring is 1. The van der Waals surface area contributed by atoms with Crippen LogP contribution in [-0.4, -0.2) is 15.9 Å². The van der Waals surface area contributed by atoms with E-state index < -0.39 is 0 Å². The third-order valence-corrected chi connectivity index (χ3v) is 3.49. The zero-order valence-electron chi connectivity index (χ0n) is 11.6. The number of benzene rings is 1. The molecule has 5 heteroatoms. The molecule has 4 N–H and O–H groups in total. The van der Waals surface area contributed by atoms with Crippen molar-refractivity contribution >= 4 is 22.5 Å². The molecule has 2 heterocycles. The minimum atomic E-state index is -0.157. The zero-order chi connectivity index (χ0) is 14.8. The lowest BCUT2D eigenvalue weighted by Crippen LogP contribution is -2.26. The van der Waals surface area contributed by atoms with Gasteiger partial charge in [-0.2, -0.15) is 0 Å². The van der Waals surface area contributed by atoms with Crippen LogP contribution in [0.5, 0.6) is 0 Å². The van der Waals surface area contributed by atoms with Gasteiger partial charge in [0.2, 0.25) is 0 Å². The van der Waals surface area contributed by atoms with Gasteiger partial charge in [0, 0.05) is 17.8 Å². The van der Waals surface area contributed by atoms with Gasteiger partial charge >= 0.3 is 0 Å². The fourth-order valence-corrected chi connectivity index (χ4v) is 2.31. The number of carbonyl (C=O) groups is 1. The van der Waals surface area contributed by atoms with Crippen LogP contribution in [0.15, 0.2) is 48.8 Å². The van der Waals surface area contributed by atoms with Gasteiger partial charge in [0.1, 0.15) is 5.69 Å². The van der Waals surface area contributed by atoms with Crippen LogP contribution in [-0.2, 0) is 0 Å². The van der Waals surface area contributed by atoms with Crippen LogP contribution in [0.25, 0.3) is 10.9 Å². The summed E-state index contributed by atoms with van der Waals surface area (Å²) in [5.74, 6) is -0.157. The molecule has 0 aliphatic rings. The molecule has 0 aliphatic carbocycles. The molecule has 0 saturated heterocycles. The van der Waals surface area contributed by atoms with E-state index in [0.717, 1.165) is 16.5 Å². The summed E-state index contributed by atoms with van der Waals surface area (Å²) in [5, 5.41) is 3.88. The van der Waals surface area contributed by atoms with Gasteiger partial charge in [0.15, 0.2) is 0 Å². The Labute approximate surface area is 122 Å². The minimum absolute atomic E-state index is 0.0933. The average molecular weight is 280 g/mol. The fourth-order valence-electron chi connectivity index (χ4n) is 2.31. The monoisotopic (exact) mass is 280 g/mol. The molecule has 0 bridgehead atoms. The molecule has 106 valence electrons. The van der Waals surface area contributed by atoms with Crippen molar-refractivity contribution in [2.75, 3.05) is 5.73 Å². The number of fused-ring (bicyclic) bond motifs is 1. The number of rotatable bonds is 3. The Hall–Kier alpha value is -2.82. The molecule has 21 heavy (non-hydrogen) atoms. The maximum Gasteiger partial charge on any atom is 0.268 e. The highest BCUT2D eigenvalue weighted by molar-refractivity contribution is 6.00. The van der Waals surface area contributed by atoms with E-state index in [-0.39, 0.29) is 11.9 Å². The number of pyridine rings is 1. The number of para-hydroxylation sites is 1. The third-order valence-electron chi connectivity index (χ3n) is 3.49. The highest BCUT2D eigenvalue weighted by Gasteiger charge is 2.14. The van der Waals surface area contributed by atoms with Gasteiger partial charge in [-0.05, 0) is 36.8 Å². The second kappa shape index (κ2) is 5.28. The molecule has 0 saturated carbocycles. The van der Waals surface area contributed by atoms with E-state index in [9.17, 15) is 4.79 Å². The van der Waals surface area contributed by atoms with Crippen molar-refractivity contribution < 1.29 is 4.79 Å². The quantitative estimate of drug-likeness (QED) is 0.645. The second-order valence-electron chi connectivity index (χ2n) is 4.97. The molecule has 0 fully saturated rings. The van der Waals surface area contributed by atoms with Crippen LogP contribution >= 0.6 is 0 Å². The smallest absolute Gasteiger partial charge is 0.268 e. The summed E-state index contributed by atoms with van der Waals surface area (Å²) in [4.78, 5) is 19.4. The lowest BCUT2D eigenvalue weighted by molar-refractivity contribution is 0.0935. The third kappa shape index (κ3) is 2.58. The van der Waals surface area contributed by atoms with Crippen LogP contribution in [0.2, 0.25) is 0 Å². The van der Waals surface area contributed by atoms with Crippen molar-refractivity contribution in [3.05, 3.63) is 60.0 Å². The lowest BCUT2D eigenvalue weighted by Gasteiger charge is -2.13. The van der Waals surface area contributed by atoms with E-state index in [1.165, 1.54) is 0 Å². The standard InChI is InChI=1S/C16H16N4O/c1-10(11-5-7-18-8-6-11)19-16(21)14-9-12-3-2-4-13(17)15(12)20-14/h2-10,20H,17H2,1H3,(H,19,21). The molecule has 3 rings (SSSR count). The highest BCUT2D eigenvalue weighted by Crippen LogP contribution is 2.21. The molecular formula is C16H16N4O. The number of hydrogen-bond acceptors (Lipinski definition) is 3. The number of H-pyrrole nitrogens is 1. The molecule has 1 amide bonds. The van der Waals surface area contributed by atoms with Gasteiger partial charge in [-0.25, -0.2) is 0 Å². The van der Waals surface area contributed by atoms with E-state index in [4.69, 9.17) is 5.73 Å². The molecule has 0 aliphatic heterocycles. The molecule has 3 aromatic rings. The first-order chi connectivity index (χ1) is 10.1. The Morgan fingerprint density at radius 1 is 1.29 bits per heavy atom. The van der Waals surface area contributed by atoms with Crippen molar-refractivity contribution in [1.29, 1.82) is 0 Å². The molecule has 0 radical (unpaired) electrons. The largest absolute Gasteiger partial charge is 0.397 e. The van der Waals surface area contributed by atoms with Crippen molar-refractivity contribution in [1.82, 2.24) is 15.3 Å². The van der Waals surface area contributed by atoms with Crippen molar-refractivity contribution in [3.8, 4) is 0 Å². The number of hydrogen-bond donors (Lipinski definition) is 3. The number of nitrogens with two attached hydrogens (primary N) is 1. The molecular weight excluding hydrogens is 264 g/mol. The van der Waals surface area contributed by atoms with E-state index in [1.807, 2.05) is 31.2 Å². The summed E-state index contributed by atoms with van der Waals surface area (Å²) < 4.78 is 0.